The molecule has 0 spiro atoms. The molecular formula is C15H17ClN2O3. The van der Waals surface area contributed by atoms with Crippen LogP contribution in [0.5, 0.6) is 0 Å². The number of aliphatic carboxylic acids is 1. The number of halogens is 1. The van der Waals surface area contributed by atoms with E-state index in [0.717, 1.165) is 16.5 Å². The molecule has 1 aliphatic rings. The molecule has 3 rings (SSSR count). The van der Waals surface area contributed by atoms with Crippen LogP contribution in [0.1, 0.15) is 5.56 Å². The van der Waals surface area contributed by atoms with Crippen LogP contribution < -0.4 is 0 Å². The summed E-state index contributed by atoms with van der Waals surface area (Å²) < 4.78 is 5.33. The number of nitrogens with zero attached hydrogens (tertiary/aromatic N) is 1. The van der Waals surface area contributed by atoms with Crippen LogP contribution in [0.2, 0.25) is 5.02 Å². The monoisotopic (exact) mass is 308 g/mol. The summed E-state index contributed by atoms with van der Waals surface area (Å²) in [5.74, 6) is -1.26. The number of aromatic amines is 1. The normalized spacial score (nSPS) is 22.2. The lowest BCUT2D eigenvalue weighted by atomic mass is 10.0. The summed E-state index contributed by atoms with van der Waals surface area (Å²) in [5, 5.41) is 11.0. The average molecular weight is 309 g/mol. The number of fused-ring (bicyclic) bond motifs is 1. The zero-order chi connectivity index (χ0) is 15.0. The summed E-state index contributed by atoms with van der Waals surface area (Å²) in [7, 11) is 1.93. The second-order valence-corrected chi connectivity index (χ2v) is 5.90. The van der Waals surface area contributed by atoms with Gasteiger partial charge in [-0.05, 0) is 24.7 Å². The molecule has 112 valence electrons. The van der Waals surface area contributed by atoms with E-state index in [1.54, 1.807) is 0 Å². The van der Waals surface area contributed by atoms with Crippen molar-refractivity contribution >= 4 is 28.5 Å². The van der Waals surface area contributed by atoms with Gasteiger partial charge in [-0.3, -0.25) is 9.69 Å². The minimum Gasteiger partial charge on any atom is -0.481 e. The number of likely N-dealkylation sites (N-methyl/N-ethyl adjacent to an activating group) is 1. The zero-order valence-electron chi connectivity index (χ0n) is 11.7. The predicted octanol–water partition coefficient (Wildman–Crippen LogP) is 2.35. The van der Waals surface area contributed by atoms with Crippen LogP contribution in [0.25, 0.3) is 10.9 Å². The Morgan fingerprint density at radius 3 is 3.10 bits per heavy atom. The lowest BCUT2D eigenvalue weighted by Gasteiger charge is -2.25. The van der Waals surface area contributed by atoms with Gasteiger partial charge >= 0.3 is 5.97 Å². The van der Waals surface area contributed by atoms with Gasteiger partial charge < -0.3 is 14.8 Å². The van der Waals surface area contributed by atoms with Crippen molar-refractivity contribution in [2.75, 3.05) is 20.3 Å². The maximum absolute atomic E-state index is 11.2. The van der Waals surface area contributed by atoms with Gasteiger partial charge in [0.05, 0.1) is 19.1 Å². The number of carbonyl (C=O) groups is 1. The molecule has 0 radical (unpaired) electrons. The molecule has 1 saturated heterocycles. The van der Waals surface area contributed by atoms with Crippen molar-refractivity contribution in [3.8, 4) is 0 Å². The van der Waals surface area contributed by atoms with Crippen molar-refractivity contribution in [1.29, 1.82) is 0 Å². The van der Waals surface area contributed by atoms with E-state index < -0.39 is 11.9 Å². The van der Waals surface area contributed by atoms with E-state index in [1.165, 1.54) is 0 Å². The first kappa shape index (κ1) is 14.4. The van der Waals surface area contributed by atoms with E-state index in [4.69, 9.17) is 16.3 Å². The fourth-order valence-corrected chi connectivity index (χ4v) is 3.06. The summed E-state index contributed by atoms with van der Waals surface area (Å²) in [5.41, 5.74) is 2.11. The van der Waals surface area contributed by atoms with Gasteiger partial charge in [-0.2, -0.15) is 0 Å². The molecule has 0 aliphatic carbocycles. The largest absolute Gasteiger partial charge is 0.481 e. The first-order chi connectivity index (χ1) is 10.1. The third-order valence-electron chi connectivity index (χ3n) is 4.08. The van der Waals surface area contributed by atoms with Crippen molar-refractivity contribution in [2.45, 2.75) is 12.6 Å². The van der Waals surface area contributed by atoms with Crippen LogP contribution >= 0.6 is 11.6 Å². The summed E-state index contributed by atoms with van der Waals surface area (Å²) in [4.78, 5) is 16.5. The van der Waals surface area contributed by atoms with Gasteiger partial charge in [-0.25, -0.2) is 0 Å². The van der Waals surface area contributed by atoms with Crippen molar-refractivity contribution in [2.24, 2.45) is 5.92 Å². The maximum Gasteiger partial charge on any atom is 0.310 e. The molecule has 21 heavy (non-hydrogen) atoms. The van der Waals surface area contributed by atoms with Gasteiger partial charge in [0.1, 0.15) is 0 Å². The molecular weight excluding hydrogens is 292 g/mol. The second-order valence-electron chi connectivity index (χ2n) is 5.47. The number of carboxylic acid groups (broad SMARTS) is 1. The number of hydrogen-bond acceptors (Lipinski definition) is 3. The number of benzene rings is 1. The smallest absolute Gasteiger partial charge is 0.310 e. The van der Waals surface area contributed by atoms with Crippen LogP contribution in [0, 0.1) is 5.92 Å². The molecule has 2 N–H and O–H groups in total. The Hall–Kier alpha value is -1.56. The minimum atomic E-state index is -0.796. The molecule has 1 fully saturated rings. The van der Waals surface area contributed by atoms with Gasteiger partial charge in [-0.15, -0.1) is 0 Å². The molecule has 6 heteroatoms. The van der Waals surface area contributed by atoms with Crippen LogP contribution in [0.4, 0.5) is 0 Å². The Kier molecular flexibility index (Phi) is 3.89. The van der Waals surface area contributed by atoms with Crippen LogP contribution in [-0.2, 0) is 16.1 Å². The molecule has 2 unspecified atom stereocenters. The van der Waals surface area contributed by atoms with Crippen molar-refractivity contribution in [3.05, 3.63) is 35.0 Å². The number of carboxylic acids is 1. The second kappa shape index (κ2) is 5.67. The Labute approximate surface area is 127 Å². The molecule has 2 aromatic rings. The van der Waals surface area contributed by atoms with Gasteiger partial charge in [0.15, 0.2) is 0 Å². The standard InChI is InChI=1S/C15H17ClN2O3/c1-18(14-8-21-7-12(14)15(19)20)6-9-5-17-13-4-10(16)2-3-11(9)13/h2-5,12,14,17H,6-8H2,1H3,(H,19,20). The Morgan fingerprint density at radius 2 is 2.33 bits per heavy atom. The fourth-order valence-electron chi connectivity index (χ4n) is 2.89. The SMILES string of the molecule is CN(Cc1c[nH]c2cc(Cl)ccc12)C1COCC1C(=O)O. The highest BCUT2D eigenvalue weighted by Gasteiger charge is 2.36. The first-order valence-corrected chi connectivity index (χ1v) is 7.20. The van der Waals surface area contributed by atoms with Gasteiger partial charge in [0.2, 0.25) is 0 Å². The quantitative estimate of drug-likeness (QED) is 0.910. The fraction of sp³-hybridized carbons (Fsp3) is 0.400. The van der Waals surface area contributed by atoms with Crippen molar-refractivity contribution < 1.29 is 14.6 Å². The molecule has 0 bridgehead atoms. The van der Waals surface area contributed by atoms with E-state index >= 15 is 0 Å². The van der Waals surface area contributed by atoms with E-state index in [2.05, 4.69) is 4.98 Å². The van der Waals surface area contributed by atoms with Gasteiger partial charge in [0.25, 0.3) is 0 Å². The summed E-state index contributed by atoms with van der Waals surface area (Å²) >= 11 is 5.98. The third kappa shape index (κ3) is 2.77. The first-order valence-electron chi connectivity index (χ1n) is 6.82. The van der Waals surface area contributed by atoms with Crippen LogP contribution in [0.3, 0.4) is 0 Å². The van der Waals surface area contributed by atoms with Gasteiger partial charge in [0, 0.05) is 34.7 Å². The zero-order valence-corrected chi connectivity index (χ0v) is 12.4. The highest BCUT2D eigenvalue weighted by molar-refractivity contribution is 6.31. The van der Waals surface area contributed by atoms with Crippen molar-refractivity contribution in [1.82, 2.24) is 9.88 Å². The lowest BCUT2D eigenvalue weighted by Crippen LogP contribution is -2.40. The number of nitrogens with one attached hydrogen (secondary N) is 1. The maximum atomic E-state index is 11.2. The lowest BCUT2D eigenvalue weighted by molar-refractivity contribution is -0.143. The Balaban J connectivity index is 1.80. The highest BCUT2D eigenvalue weighted by Crippen LogP contribution is 2.25. The molecule has 2 atom stereocenters. The van der Waals surface area contributed by atoms with Crippen molar-refractivity contribution in [3.63, 3.8) is 0 Å². The molecule has 1 aromatic heterocycles. The Bertz CT molecular complexity index is 670. The van der Waals surface area contributed by atoms with Gasteiger partial charge in [-0.1, -0.05) is 17.7 Å². The average Bonchev–Trinajstić information content (AvgIpc) is 3.05. The summed E-state index contributed by atoms with van der Waals surface area (Å²) in [6.45, 7) is 1.41. The molecule has 0 amide bonds. The molecule has 0 saturated carbocycles. The molecule has 1 aliphatic heterocycles. The highest BCUT2D eigenvalue weighted by atomic mass is 35.5. The number of ether oxygens (including phenoxy) is 1. The number of H-pyrrole nitrogens is 1. The van der Waals surface area contributed by atoms with E-state index in [1.807, 2.05) is 36.3 Å². The minimum absolute atomic E-state index is 0.0975. The van der Waals surface area contributed by atoms with E-state index in [9.17, 15) is 9.90 Å². The van der Waals surface area contributed by atoms with E-state index in [0.29, 0.717) is 18.2 Å². The van der Waals surface area contributed by atoms with Crippen LogP contribution in [-0.4, -0.2) is 47.3 Å². The third-order valence-corrected chi connectivity index (χ3v) is 4.32. The number of aromatic nitrogens is 1. The van der Waals surface area contributed by atoms with Crippen LogP contribution in [0.15, 0.2) is 24.4 Å². The topological polar surface area (TPSA) is 65.6 Å². The molecule has 5 nitrogen and oxygen atoms in total. The summed E-state index contributed by atoms with van der Waals surface area (Å²) in [6.07, 6.45) is 1.95. The molecule has 2 heterocycles. The summed E-state index contributed by atoms with van der Waals surface area (Å²) in [6, 6.07) is 5.63. The molecule has 1 aromatic carbocycles. The number of hydrogen-bond donors (Lipinski definition) is 2. The Morgan fingerprint density at radius 1 is 1.52 bits per heavy atom. The predicted molar refractivity (Wildman–Crippen MR) is 80.5 cm³/mol. The van der Waals surface area contributed by atoms with E-state index in [-0.39, 0.29) is 12.6 Å². The number of rotatable bonds is 4.